The first-order valence-corrected chi connectivity index (χ1v) is 10.5. The molecule has 1 atom stereocenters. The molecule has 0 unspecified atom stereocenters. The van der Waals surface area contributed by atoms with Gasteiger partial charge in [-0.15, -0.1) is 0 Å². The van der Waals surface area contributed by atoms with Gasteiger partial charge in [0.25, 0.3) is 0 Å². The fourth-order valence-corrected chi connectivity index (χ4v) is 3.66. The van der Waals surface area contributed by atoms with E-state index in [9.17, 15) is 23.9 Å². The Morgan fingerprint density at radius 2 is 2.06 bits per heavy atom. The van der Waals surface area contributed by atoms with Gasteiger partial charge in [-0.1, -0.05) is 25.8 Å². The highest BCUT2D eigenvalue weighted by molar-refractivity contribution is 5.97. The number of halogens is 2. The Hall–Kier alpha value is -3.31. The van der Waals surface area contributed by atoms with E-state index in [1.54, 1.807) is 6.92 Å². The predicted molar refractivity (Wildman–Crippen MR) is 114 cm³/mol. The fourth-order valence-electron chi connectivity index (χ4n) is 3.66. The molecule has 0 aliphatic heterocycles. The van der Waals surface area contributed by atoms with Gasteiger partial charge >= 0.3 is 0 Å². The van der Waals surface area contributed by atoms with E-state index in [1.807, 2.05) is 13.0 Å². The maximum atomic E-state index is 14.0. The molecule has 2 aromatic heterocycles. The van der Waals surface area contributed by atoms with Crippen molar-refractivity contribution in [3.05, 3.63) is 64.6 Å². The summed E-state index contributed by atoms with van der Waals surface area (Å²) in [5.41, 5.74) is 0.982. The van der Waals surface area contributed by atoms with E-state index in [1.165, 1.54) is 22.7 Å². The van der Waals surface area contributed by atoms with E-state index in [4.69, 9.17) is 4.74 Å². The molecule has 0 aliphatic carbocycles. The Morgan fingerprint density at radius 1 is 1.34 bits per heavy atom. The third-order valence-corrected chi connectivity index (χ3v) is 5.39. The van der Waals surface area contributed by atoms with Crippen molar-refractivity contribution in [1.82, 2.24) is 9.38 Å². The van der Waals surface area contributed by atoms with Gasteiger partial charge in [0, 0.05) is 25.3 Å². The number of hydrogen-bond donors (Lipinski definition) is 1. The Bertz CT molecular complexity index is 1150. The van der Waals surface area contributed by atoms with Crippen LogP contribution >= 0.6 is 0 Å². The minimum absolute atomic E-state index is 0.0897. The summed E-state index contributed by atoms with van der Waals surface area (Å²) in [7, 11) is 0. The van der Waals surface area contributed by atoms with E-state index in [0.717, 1.165) is 31.4 Å². The van der Waals surface area contributed by atoms with Gasteiger partial charge in [0.1, 0.15) is 30.0 Å². The maximum Gasteiger partial charge on any atom is 0.181 e. The summed E-state index contributed by atoms with van der Waals surface area (Å²) < 4.78 is 35.1. The first kappa shape index (κ1) is 23.4. The van der Waals surface area contributed by atoms with Gasteiger partial charge in [0.15, 0.2) is 17.2 Å². The van der Waals surface area contributed by atoms with Crippen molar-refractivity contribution in [2.45, 2.75) is 46.1 Å². The molecule has 0 spiro atoms. The van der Waals surface area contributed by atoms with Gasteiger partial charge in [-0.05, 0) is 31.4 Å². The van der Waals surface area contributed by atoms with Crippen LogP contribution in [-0.2, 0) is 6.61 Å². The highest BCUT2D eigenvalue weighted by Gasteiger charge is 2.23. The van der Waals surface area contributed by atoms with Crippen molar-refractivity contribution in [3.8, 4) is 11.8 Å². The number of ether oxygens (including phenoxy) is 1. The van der Waals surface area contributed by atoms with Crippen molar-refractivity contribution in [2.24, 2.45) is 5.92 Å². The Morgan fingerprint density at radius 3 is 2.69 bits per heavy atom. The van der Waals surface area contributed by atoms with Crippen LogP contribution in [0.4, 0.5) is 8.78 Å². The minimum atomic E-state index is -0.741. The number of aliphatic hydroxyl groups is 1. The number of unbranched alkanes of at least 4 members (excludes halogenated alkanes) is 1. The number of ketones is 1. The summed E-state index contributed by atoms with van der Waals surface area (Å²) in [5, 5.41) is 19.1. The number of rotatable bonds is 10. The second kappa shape index (κ2) is 10.3. The molecule has 168 valence electrons. The molecule has 0 amide bonds. The molecule has 3 rings (SSSR count). The van der Waals surface area contributed by atoms with Crippen LogP contribution in [0.25, 0.3) is 5.65 Å². The molecule has 0 fully saturated rings. The quantitative estimate of drug-likeness (QED) is 0.459. The van der Waals surface area contributed by atoms with Crippen LogP contribution in [0, 0.1) is 35.8 Å². The lowest BCUT2D eigenvalue weighted by molar-refractivity contribution is 0.0923. The first-order chi connectivity index (χ1) is 15.4. The van der Waals surface area contributed by atoms with E-state index in [-0.39, 0.29) is 47.3 Å². The number of carbonyl (C=O) groups is 1. The van der Waals surface area contributed by atoms with Gasteiger partial charge in [-0.2, -0.15) is 5.26 Å². The molecule has 0 saturated carbocycles. The number of nitriles is 1. The molecule has 0 bridgehead atoms. The molecular formula is C24H25F2N3O3. The van der Waals surface area contributed by atoms with Crippen LogP contribution < -0.4 is 4.74 Å². The van der Waals surface area contributed by atoms with Gasteiger partial charge in [-0.3, -0.25) is 9.20 Å². The Kier molecular flexibility index (Phi) is 7.54. The second-order valence-electron chi connectivity index (χ2n) is 7.75. The standard InChI is InChI=1S/C24H25F2N3O3/c1-3-4-6-16(13-30)9-21(31)23-15(2)28-24-22(10-17(11-27)12-29(23)24)32-14-18-19(25)7-5-8-20(18)26/h5,7-8,10,12,16,30H,3-4,6,9,13-14H2,1-2H3/t16-/m0/s1. The number of aliphatic hydroxyl groups excluding tert-OH is 1. The molecule has 8 heteroatoms. The lowest BCUT2D eigenvalue weighted by Gasteiger charge is -2.13. The fraction of sp³-hybridized carbons (Fsp3) is 0.375. The van der Waals surface area contributed by atoms with E-state index in [2.05, 4.69) is 4.98 Å². The van der Waals surface area contributed by atoms with E-state index in [0.29, 0.717) is 11.4 Å². The minimum Gasteiger partial charge on any atom is -0.485 e. The normalized spacial score (nSPS) is 12.0. The van der Waals surface area contributed by atoms with Crippen molar-refractivity contribution in [2.75, 3.05) is 6.61 Å². The molecule has 1 aromatic carbocycles. The van der Waals surface area contributed by atoms with Crippen LogP contribution in [0.1, 0.15) is 59.9 Å². The summed E-state index contributed by atoms with van der Waals surface area (Å²) in [6.45, 7) is 3.23. The van der Waals surface area contributed by atoms with Gasteiger partial charge in [0.2, 0.25) is 0 Å². The third-order valence-electron chi connectivity index (χ3n) is 5.39. The zero-order chi connectivity index (χ0) is 23.3. The molecule has 2 heterocycles. The monoisotopic (exact) mass is 441 g/mol. The number of fused-ring (bicyclic) bond motifs is 1. The SMILES string of the molecule is CCCC[C@H](CO)CC(=O)c1c(C)nc2c(OCc3c(F)cccc3F)cc(C#N)cn12. The molecule has 1 N–H and O–H groups in total. The van der Waals surface area contributed by atoms with Crippen molar-refractivity contribution >= 4 is 11.4 Å². The number of Topliss-reactive ketones (excluding diaryl/α,β-unsaturated/α-hetero) is 1. The number of hydrogen-bond acceptors (Lipinski definition) is 5. The largest absolute Gasteiger partial charge is 0.485 e. The van der Waals surface area contributed by atoms with Crippen molar-refractivity contribution < 1.29 is 23.4 Å². The van der Waals surface area contributed by atoms with Crippen molar-refractivity contribution in [1.29, 1.82) is 5.26 Å². The Balaban J connectivity index is 1.96. The van der Waals surface area contributed by atoms with Crippen molar-refractivity contribution in [3.63, 3.8) is 0 Å². The van der Waals surface area contributed by atoms with Gasteiger partial charge in [-0.25, -0.2) is 13.8 Å². The molecule has 32 heavy (non-hydrogen) atoms. The number of benzene rings is 1. The van der Waals surface area contributed by atoms with Gasteiger partial charge in [0.05, 0.1) is 16.8 Å². The van der Waals surface area contributed by atoms with Crippen LogP contribution in [0.15, 0.2) is 30.5 Å². The summed E-state index contributed by atoms with van der Waals surface area (Å²) in [6.07, 6.45) is 4.25. The highest BCUT2D eigenvalue weighted by Crippen LogP contribution is 2.27. The average Bonchev–Trinajstić information content (AvgIpc) is 3.11. The van der Waals surface area contributed by atoms with Crippen LogP contribution in [0.3, 0.4) is 0 Å². The first-order valence-electron chi connectivity index (χ1n) is 10.5. The lowest BCUT2D eigenvalue weighted by Crippen LogP contribution is -2.15. The molecule has 6 nitrogen and oxygen atoms in total. The lowest BCUT2D eigenvalue weighted by atomic mass is 9.95. The number of imidazole rings is 1. The number of pyridine rings is 1. The smallest absolute Gasteiger partial charge is 0.181 e. The third kappa shape index (κ3) is 4.94. The van der Waals surface area contributed by atoms with Crippen LogP contribution in [-0.4, -0.2) is 26.9 Å². The van der Waals surface area contributed by atoms with Gasteiger partial charge < -0.3 is 9.84 Å². The molecule has 0 saturated heterocycles. The van der Waals surface area contributed by atoms with Crippen LogP contribution in [0.5, 0.6) is 5.75 Å². The number of nitrogens with zero attached hydrogens (tertiary/aromatic N) is 3. The molecular weight excluding hydrogens is 416 g/mol. The summed E-state index contributed by atoms with van der Waals surface area (Å²) in [5.74, 6) is -1.71. The average molecular weight is 441 g/mol. The maximum absolute atomic E-state index is 14.0. The number of aryl methyl sites for hydroxylation is 1. The summed E-state index contributed by atoms with van der Waals surface area (Å²) in [4.78, 5) is 17.5. The van der Waals surface area contributed by atoms with E-state index < -0.39 is 18.2 Å². The zero-order valence-electron chi connectivity index (χ0n) is 18.1. The van der Waals surface area contributed by atoms with Crippen LogP contribution in [0.2, 0.25) is 0 Å². The second-order valence-corrected chi connectivity index (χ2v) is 7.75. The summed E-state index contributed by atoms with van der Waals surface area (Å²) >= 11 is 0. The number of aromatic nitrogens is 2. The number of carbonyl (C=O) groups excluding carboxylic acids is 1. The van der Waals surface area contributed by atoms with E-state index >= 15 is 0 Å². The zero-order valence-corrected chi connectivity index (χ0v) is 18.1. The predicted octanol–water partition coefficient (Wildman–Crippen LogP) is 4.74. The molecule has 3 aromatic rings. The molecule has 0 aliphatic rings. The Labute approximate surface area is 185 Å². The molecule has 0 radical (unpaired) electrons. The summed E-state index contributed by atoms with van der Waals surface area (Å²) in [6, 6.07) is 6.96. The topological polar surface area (TPSA) is 87.6 Å². The highest BCUT2D eigenvalue weighted by atomic mass is 19.1.